The van der Waals surface area contributed by atoms with Gasteiger partial charge in [-0.1, -0.05) is 0 Å². The molecule has 1 aromatic rings. The van der Waals surface area contributed by atoms with Crippen LogP contribution in [0.2, 0.25) is 0 Å². The van der Waals surface area contributed by atoms with Gasteiger partial charge in [0.05, 0.1) is 0 Å². The second-order valence-corrected chi connectivity index (χ2v) is 3.99. The minimum atomic E-state index is -0.255. The van der Waals surface area contributed by atoms with E-state index in [-0.39, 0.29) is 11.9 Å². The van der Waals surface area contributed by atoms with Crippen LogP contribution >= 0.6 is 22.9 Å². The largest absolute Gasteiger partial charge is 0.489 e. The van der Waals surface area contributed by atoms with Crippen LogP contribution in [0.3, 0.4) is 0 Å². The van der Waals surface area contributed by atoms with Gasteiger partial charge in [-0.05, 0) is 31.5 Å². The van der Waals surface area contributed by atoms with E-state index in [0.29, 0.717) is 5.75 Å². The van der Waals surface area contributed by atoms with Gasteiger partial charge in [-0.3, -0.25) is 3.53 Å². The molecule has 2 nitrogen and oxygen atoms in total. The molecule has 0 aliphatic rings. The summed E-state index contributed by atoms with van der Waals surface area (Å²) in [6.45, 7) is 4.51. The Labute approximate surface area is 97.3 Å². The Morgan fingerprint density at radius 3 is 2.79 bits per heavy atom. The molecule has 1 N–H and O–H groups in total. The highest BCUT2D eigenvalue weighted by atomic mass is 127. The summed E-state index contributed by atoms with van der Waals surface area (Å²) in [5.74, 6) is 0.330. The highest BCUT2D eigenvalue weighted by Crippen LogP contribution is 2.16. The van der Waals surface area contributed by atoms with Crippen LogP contribution < -0.4 is 8.27 Å². The molecular weight excluding hydrogens is 296 g/mol. The molecule has 0 aliphatic carbocycles. The standard InChI is InChI=1S/C10H13FINO/c1-7-3-9(11)5-10(4-7)14-8(2)6-13-12/h3-5,8,13H,6H2,1-2H3/t8-/m1/s1. The topological polar surface area (TPSA) is 21.3 Å². The minimum absolute atomic E-state index is 0.0353. The summed E-state index contributed by atoms with van der Waals surface area (Å²) in [7, 11) is 0. The molecule has 0 amide bonds. The number of nitrogens with one attached hydrogen (secondary N) is 1. The quantitative estimate of drug-likeness (QED) is 0.682. The molecular formula is C10H13FINO. The van der Waals surface area contributed by atoms with Crippen LogP contribution in [0.5, 0.6) is 5.75 Å². The fraction of sp³-hybridized carbons (Fsp3) is 0.400. The number of benzene rings is 1. The molecule has 14 heavy (non-hydrogen) atoms. The lowest BCUT2D eigenvalue weighted by atomic mass is 10.2. The van der Waals surface area contributed by atoms with Crippen LogP contribution in [0.15, 0.2) is 18.2 Å². The van der Waals surface area contributed by atoms with E-state index in [1.807, 2.05) is 19.9 Å². The summed E-state index contributed by atoms with van der Waals surface area (Å²) in [5, 5.41) is 0. The number of hydrogen-bond acceptors (Lipinski definition) is 2. The average molecular weight is 309 g/mol. The van der Waals surface area contributed by atoms with Crippen LogP contribution in [-0.4, -0.2) is 12.6 Å². The molecule has 0 aliphatic heterocycles. The van der Waals surface area contributed by atoms with Gasteiger partial charge in [0.15, 0.2) is 0 Å². The summed E-state index contributed by atoms with van der Waals surface area (Å²) in [5.41, 5.74) is 0.870. The molecule has 0 radical (unpaired) electrons. The molecule has 0 spiro atoms. The summed E-state index contributed by atoms with van der Waals surface area (Å²) >= 11 is 2.05. The fourth-order valence-electron chi connectivity index (χ4n) is 1.15. The van der Waals surface area contributed by atoms with Crippen molar-refractivity contribution in [3.8, 4) is 5.75 Å². The Balaban J connectivity index is 2.66. The maximum absolute atomic E-state index is 13.0. The Morgan fingerprint density at radius 2 is 2.21 bits per heavy atom. The van der Waals surface area contributed by atoms with Crippen molar-refractivity contribution in [2.75, 3.05) is 6.54 Å². The van der Waals surface area contributed by atoms with Gasteiger partial charge < -0.3 is 4.74 Å². The third-order valence-corrected chi connectivity index (χ3v) is 2.16. The van der Waals surface area contributed by atoms with Gasteiger partial charge in [0.25, 0.3) is 0 Å². The molecule has 0 saturated heterocycles. The van der Waals surface area contributed by atoms with E-state index in [9.17, 15) is 4.39 Å². The summed E-state index contributed by atoms with van der Waals surface area (Å²) in [6.07, 6.45) is 0.0353. The maximum Gasteiger partial charge on any atom is 0.127 e. The zero-order chi connectivity index (χ0) is 10.6. The van der Waals surface area contributed by atoms with Crippen LogP contribution in [0.4, 0.5) is 4.39 Å². The van der Waals surface area contributed by atoms with Crippen LogP contribution in [0, 0.1) is 12.7 Å². The molecule has 4 heteroatoms. The van der Waals surface area contributed by atoms with E-state index >= 15 is 0 Å². The Hall–Kier alpha value is -0.360. The molecule has 0 aromatic heterocycles. The van der Waals surface area contributed by atoms with Gasteiger partial charge >= 0.3 is 0 Å². The number of aryl methyl sites for hydroxylation is 1. The lowest BCUT2D eigenvalue weighted by Gasteiger charge is -2.13. The molecule has 78 valence electrons. The van der Waals surface area contributed by atoms with Crippen LogP contribution in [-0.2, 0) is 0 Å². The van der Waals surface area contributed by atoms with Gasteiger partial charge in [-0.25, -0.2) is 4.39 Å². The Kier molecular flexibility index (Phi) is 4.60. The van der Waals surface area contributed by atoms with Crippen molar-refractivity contribution in [1.82, 2.24) is 3.53 Å². The van der Waals surface area contributed by atoms with Crippen molar-refractivity contribution in [1.29, 1.82) is 0 Å². The predicted octanol–water partition coefficient (Wildman–Crippen LogP) is 2.84. The highest BCUT2D eigenvalue weighted by Gasteiger charge is 2.04. The molecule has 1 aromatic carbocycles. The summed E-state index contributed by atoms with van der Waals surface area (Å²) in [4.78, 5) is 0. The Bertz CT molecular complexity index is 286. The van der Waals surface area contributed by atoms with Crippen molar-refractivity contribution in [2.24, 2.45) is 0 Å². The number of halogens is 2. The molecule has 1 atom stereocenters. The smallest absolute Gasteiger partial charge is 0.127 e. The lowest BCUT2D eigenvalue weighted by molar-refractivity contribution is 0.226. The zero-order valence-corrected chi connectivity index (χ0v) is 10.3. The van der Waals surface area contributed by atoms with Gasteiger partial charge in [-0.2, -0.15) is 0 Å². The van der Waals surface area contributed by atoms with Gasteiger partial charge in [0, 0.05) is 35.5 Å². The second kappa shape index (κ2) is 5.50. The predicted molar refractivity (Wildman–Crippen MR) is 63.2 cm³/mol. The van der Waals surface area contributed by atoms with E-state index in [0.717, 1.165) is 12.1 Å². The first-order valence-corrected chi connectivity index (χ1v) is 5.47. The average Bonchev–Trinajstić information content (AvgIpc) is 2.01. The zero-order valence-electron chi connectivity index (χ0n) is 8.18. The van der Waals surface area contributed by atoms with Crippen LogP contribution in [0.1, 0.15) is 12.5 Å². The summed E-state index contributed by atoms with van der Waals surface area (Å²) in [6, 6.07) is 4.71. The van der Waals surface area contributed by atoms with E-state index in [4.69, 9.17) is 4.74 Å². The van der Waals surface area contributed by atoms with Crippen molar-refractivity contribution in [2.45, 2.75) is 20.0 Å². The van der Waals surface area contributed by atoms with Crippen molar-refractivity contribution < 1.29 is 9.13 Å². The number of rotatable bonds is 4. The SMILES string of the molecule is Cc1cc(F)cc(O[C@H](C)CNI)c1. The number of hydrogen-bond donors (Lipinski definition) is 1. The fourth-order valence-corrected chi connectivity index (χ4v) is 1.77. The minimum Gasteiger partial charge on any atom is -0.489 e. The van der Waals surface area contributed by atoms with E-state index in [1.54, 1.807) is 0 Å². The van der Waals surface area contributed by atoms with Crippen molar-refractivity contribution in [3.05, 3.63) is 29.6 Å². The first-order valence-electron chi connectivity index (χ1n) is 4.39. The monoisotopic (exact) mass is 309 g/mol. The van der Waals surface area contributed by atoms with Gasteiger partial charge in [-0.15, -0.1) is 0 Å². The van der Waals surface area contributed by atoms with Crippen molar-refractivity contribution >= 4 is 22.9 Å². The normalized spacial score (nSPS) is 12.6. The first kappa shape index (κ1) is 11.7. The van der Waals surface area contributed by atoms with E-state index < -0.39 is 0 Å². The first-order chi connectivity index (χ1) is 6.61. The van der Waals surface area contributed by atoms with Gasteiger partial charge in [0.1, 0.15) is 17.7 Å². The Morgan fingerprint density at radius 1 is 1.50 bits per heavy atom. The van der Waals surface area contributed by atoms with E-state index in [2.05, 4.69) is 26.4 Å². The second-order valence-electron chi connectivity index (χ2n) is 3.23. The van der Waals surface area contributed by atoms with Gasteiger partial charge in [0.2, 0.25) is 0 Å². The molecule has 0 bridgehead atoms. The third kappa shape index (κ3) is 3.79. The molecule has 0 unspecified atom stereocenters. The lowest BCUT2D eigenvalue weighted by Crippen LogP contribution is -2.23. The van der Waals surface area contributed by atoms with Crippen molar-refractivity contribution in [3.63, 3.8) is 0 Å². The van der Waals surface area contributed by atoms with E-state index in [1.165, 1.54) is 12.1 Å². The highest BCUT2D eigenvalue weighted by molar-refractivity contribution is 14.1. The molecule has 0 saturated carbocycles. The number of ether oxygens (including phenoxy) is 1. The maximum atomic E-state index is 13.0. The summed E-state index contributed by atoms with van der Waals surface area (Å²) < 4.78 is 21.4. The van der Waals surface area contributed by atoms with Crippen LogP contribution in [0.25, 0.3) is 0 Å². The molecule has 0 heterocycles. The third-order valence-electron chi connectivity index (χ3n) is 1.72. The molecule has 1 rings (SSSR count). The molecule has 0 fully saturated rings.